The van der Waals surface area contributed by atoms with Crippen molar-refractivity contribution in [2.75, 3.05) is 16.8 Å². The molecule has 0 bridgehead atoms. The minimum atomic E-state index is 0.0649. The summed E-state index contributed by atoms with van der Waals surface area (Å²) in [5.74, 6) is 0.0649. The third-order valence-electron chi connectivity index (χ3n) is 3.09. The molecule has 0 aliphatic carbocycles. The lowest BCUT2D eigenvalue weighted by molar-refractivity contribution is -0.117. The van der Waals surface area contributed by atoms with Crippen LogP contribution in [0.5, 0.6) is 0 Å². The Morgan fingerprint density at radius 2 is 1.86 bits per heavy atom. The Balaban J connectivity index is 2.06. The van der Waals surface area contributed by atoms with Crippen LogP contribution >= 0.6 is 22.6 Å². The molecule has 1 N–H and O–H groups in total. The topological polar surface area (TPSA) is 32.3 Å². The summed E-state index contributed by atoms with van der Waals surface area (Å²) < 4.78 is 1.15. The van der Waals surface area contributed by atoms with Gasteiger partial charge in [-0.1, -0.05) is 24.3 Å². The van der Waals surface area contributed by atoms with Crippen molar-refractivity contribution >= 4 is 39.9 Å². The van der Waals surface area contributed by atoms with Crippen LogP contribution in [0, 0.1) is 3.57 Å². The highest BCUT2D eigenvalue weighted by atomic mass is 127. The molecule has 0 saturated carbocycles. The zero-order valence-corrected chi connectivity index (χ0v) is 14.4. The Morgan fingerprint density at radius 1 is 1.14 bits per heavy atom. The van der Waals surface area contributed by atoms with Gasteiger partial charge in [0.2, 0.25) is 5.91 Å². The van der Waals surface area contributed by atoms with Crippen molar-refractivity contribution in [3.63, 3.8) is 0 Å². The molecule has 1 amide bonds. The van der Waals surface area contributed by atoms with Crippen molar-refractivity contribution in [2.24, 2.45) is 0 Å². The monoisotopic (exact) mass is 394 g/mol. The summed E-state index contributed by atoms with van der Waals surface area (Å²) >= 11 is 2.26. The number of nitrogens with one attached hydrogen (secondary N) is 1. The van der Waals surface area contributed by atoms with Gasteiger partial charge in [0.05, 0.1) is 6.54 Å². The van der Waals surface area contributed by atoms with Gasteiger partial charge in [0.15, 0.2) is 0 Å². The fourth-order valence-electron chi connectivity index (χ4n) is 2.18. The van der Waals surface area contributed by atoms with E-state index in [-0.39, 0.29) is 18.5 Å². The van der Waals surface area contributed by atoms with Gasteiger partial charge >= 0.3 is 0 Å². The zero-order valence-electron chi connectivity index (χ0n) is 12.2. The second-order valence-corrected chi connectivity index (χ2v) is 6.30. The fourth-order valence-corrected chi connectivity index (χ4v) is 2.72. The number of carbonyl (C=O) groups is 1. The SMILES string of the molecule is CC(C)N(C(=O)CNc1cccc(I)c1)c1ccccc1. The number of amides is 1. The van der Waals surface area contributed by atoms with E-state index in [1.54, 1.807) is 0 Å². The van der Waals surface area contributed by atoms with Crippen LogP contribution in [0.25, 0.3) is 0 Å². The number of benzene rings is 2. The maximum Gasteiger partial charge on any atom is 0.246 e. The molecule has 2 rings (SSSR count). The number of para-hydroxylation sites is 1. The molecule has 0 unspecified atom stereocenters. The van der Waals surface area contributed by atoms with E-state index < -0.39 is 0 Å². The first kappa shape index (κ1) is 15.8. The van der Waals surface area contributed by atoms with Crippen molar-refractivity contribution in [2.45, 2.75) is 19.9 Å². The molecule has 0 atom stereocenters. The van der Waals surface area contributed by atoms with Crippen LogP contribution in [0.15, 0.2) is 54.6 Å². The molecule has 2 aromatic carbocycles. The molecule has 0 heterocycles. The van der Waals surface area contributed by atoms with E-state index in [9.17, 15) is 4.79 Å². The number of rotatable bonds is 5. The van der Waals surface area contributed by atoms with Gasteiger partial charge in [0.1, 0.15) is 0 Å². The smallest absolute Gasteiger partial charge is 0.246 e. The highest BCUT2D eigenvalue weighted by Crippen LogP contribution is 2.17. The van der Waals surface area contributed by atoms with Gasteiger partial charge in [-0.3, -0.25) is 4.79 Å². The first-order valence-corrected chi connectivity index (χ1v) is 8.02. The van der Waals surface area contributed by atoms with E-state index in [1.165, 1.54) is 0 Å². The summed E-state index contributed by atoms with van der Waals surface area (Å²) in [6.45, 7) is 4.33. The van der Waals surface area contributed by atoms with Crippen LogP contribution in [0.4, 0.5) is 11.4 Å². The molecular formula is C17H19IN2O. The zero-order chi connectivity index (χ0) is 15.2. The fraction of sp³-hybridized carbons (Fsp3) is 0.235. The van der Waals surface area contributed by atoms with Crippen LogP contribution in [0.3, 0.4) is 0 Å². The third-order valence-corrected chi connectivity index (χ3v) is 3.76. The Hall–Kier alpha value is -1.56. The van der Waals surface area contributed by atoms with E-state index in [4.69, 9.17) is 0 Å². The van der Waals surface area contributed by atoms with Crippen LogP contribution in [0.2, 0.25) is 0 Å². The second-order valence-electron chi connectivity index (χ2n) is 5.06. The molecule has 110 valence electrons. The predicted octanol–water partition coefficient (Wildman–Crippen LogP) is 4.14. The number of hydrogen-bond acceptors (Lipinski definition) is 2. The van der Waals surface area contributed by atoms with E-state index in [0.29, 0.717) is 0 Å². The lowest BCUT2D eigenvalue weighted by atomic mass is 10.2. The molecule has 2 aromatic rings. The summed E-state index contributed by atoms with van der Waals surface area (Å²) in [5.41, 5.74) is 1.90. The van der Waals surface area contributed by atoms with E-state index in [1.807, 2.05) is 73.3 Å². The molecule has 0 aliphatic heterocycles. The van der Waals surface area contributed by atoms with Gasteiger partial charge in [0.25, 0.3) is 0 Å². The second kappa shape index (κ2) is 7.45. The highest BCUT2D eigenvalue weighted by Gasteiger charge is 2.18. The maximum absolute atomic E-state index is 12.5. The average Bonchev–Trinajstić information content (AvgIpc) is 2.46. The minimum absolute atomic E-state index is 0.0649. The molecule has 0 aliphatic rings. The van der Waals surface area contributed by atoms with Crippen molar-refractivity contribution in [1.82, 2.24) is 0 Å². The van der Waals surface area contributed by atoms with Crippen LogP contribution in [0.1, 0.15) is 13.8 Å². The van der Waals surface area contributed by atoms with Gasteiger partial charge in [0, 0.05) is 21.0 Å². The van der Waals surface area contributed by atoms with Gasteiger partial charge in [-0.25, -0.2) is 0 Å². The van der Waals surface area contributed by atoms with Crippen molar-refractivity contribution in [1.29, 1.82) is 0 Å². The summed E-state index contributed by atoms with van der Waals surface area (Å²) in [6.07, 6.45) is 0. The normalized spacial score (nSPS) is 10.5. The van der Waals surface area contributed by atoms with Gasteiger partial charge < -0.3 is 10.2 Å². The number of halogens is 1. The van der Waals surface area contributed by atoms with Crippen molar-refractivity contribution in [3.8, 4) is 0 Å². The number of nitrogens with zero attached hydrogens (tertiary/aromatic N) is 1. The molecule has 0 fully saturated rings. The lowest BCUT2D eigenvalue weighted by Crippen LogP contribution is -2.40. The lowest BCUT2D eigenvalue weighted by Gasteiger charge is -2.27. The summed E-state index contributed by atoms with van der Waals surface area (Å²) in [6, 6.07) is 17.9. The largest absolute Gasteiger partial charge is 0.376 e. The molecule has 0 spiro atoms. The first-order chi connectivity index (χ1) is 10.1. The molecule has 0 radical (unpaired) electrons. The Bertz CT molecular complexity index is 599. The van der Waals surface area contributed by atoms with Crippen LogP contribution in [-0.2, 0) is 4.79 Å². The standard InChI is InChI=1S/C17H19IN2O/c1-13(2)20(16-9-4-3-5-10-16)17(21)12-19-15-8-6-7-14(18)11-15/h3-11,13,19H,12H2,1-2H3. The van der Waals surface area contributed by atoms with Gasteiger partial charge in [-0.2, -0.15) is 0 Å². The van der Waals surface area contributed by atoms with Gasteiger partial charge in [-0.15, -0.1) is 0 Å². The Kier molecular flexibility index (Phi) is 5.61. The third kappa shape index (κ3) is 4.46. The Morgan fingerprint density at radius 3 is 2.48 bits per heavy atom. The van der Waals surface area contributed by atoms with Crippen molar-refractivity contribution in [3.05, 3.63) is 58.2 Å². The quantitative estimate of drug-likeness (QED) is 0.774. The predicted molar refractivity (Wildman–Crippen MR) is 96.7 cm³/mol. The number of carbonyl (C=O) groups excluding carboxylic acids is 1. The van der Waals surface area contributed by atoms with Crippen LogP contribution in [-0.4, -0.2) is 18.5 Å². The molecular weight excluding hydrogens is 375 g/mol. The molecule has 21 heavy (non-hydrogen) atoms. The van der Waals surface area contributed by atoms with Crippen molar-refractivity contribution < 1.29 is 4.79 Å². The van der Waals surface area contributed by atoms with Crippen LogP contribution < -0.4 is 10.2 Å². The summed E-state index contributed by atoms with van der Waals surface area (Å²) in [5, 5.41) is 3.19. The molecule has 0 saturated heterocycles. The number of anilines is 2. The molecule has 0 aromatic heterocycles. The van der Waals surface area contributed by atoms with E-state index in [0.717, 1.165) is 14.9 Å². The minimum Gasteiger partial charge on any atom is -0.376 e. The first-order valence-electron chi connectivity index (χ1n) is 6.94. The van der Waals surface area contributed by atoms with E-state index in [2.05, 4.69) is 27.9 Å². The van der Waals surface area contributed by atoms with Gasteiger partial charge in [-0.05, 0) is 66.8 Å². The average molecular weight is 394 g/mol. The number of hydrogen-bond donors (Lipinski definition) is 1. The highest BCUT2D eigenvalue weighted by molar-refractivity contribution is 14.1. The summed E-state index contributed by atoms with van der Waals surface area (Å²) in [4.78, 5) is 14.3. The van der Waals surface area contributed by atoms with E-state index >= 15 is 0 Å². The molecule has 3 nitrogen and oxygen atoms in total. The summed E-state index contributed by atoms with van der Waals surface area (Å²) in [7, 11) is 0. The Labute approximate surface area is 139 Å². The molecule has 4 heteroatoms. The maximum atomic E-state index is 12.5.